The highest BCUT2D eigenvalue weighted by Crippen LogP contribution is 2.55. The van der Waals surface area contributed by atoms with Gasteiger partial charge in [0, 0.05) is 26.1 Å². The number of cyclic esters (lactones) is 1. The number of carbonyl (C=O) groups is 4. The van der Waals surface area contributed by atoms with Crippen LogP contribution < -0.4 is 5.32 Å². The molecule has 10 heteroatoms. The molecule has 5 bridgehead atoms. The summed E-state index contributed by atoms with van der Waals surface area (Å²) in [4.78, 5) is 57.5. The lowest BCUT2D eigenvalue weighted by Gasteiger charge is -2.35. The number of β-amino-alcohol motifs (C(OH)–C–C–N with tert-alkyl or cyclic N) is 1. The van der Waals surface area contributed by atoms with Crippen molar-refractivity contribution < 1.29 is 33.8 Å². The first-order valence-electron chi connectivity index (χ1n) is 14.1. The molecule has 4 aliphatic rings. The molecule has 1 aromatic carbocycles. The molecule has 0 unspecified atom stereocenters. The average molecular weight is 552 g/mol. The molecule has 214 valence electrons. The molecule has 0 saturated carbocycles. The van der Waals surface area contributed by atoms with Crippen LogP contribution in [0, 0.1) is 11.8 Å². The molecule has 4 heterocycles. The van der Waals surface area contributed by atoms with Gasteiger partial charge in [0.2, 0.25) is 17.7 Å². The Kier molecular flexibility index (Phi) is 8.37. The smallest absolute Gasteiger partial charge is 0.306 e. The van der Waals surface area contributed by atoms with Gasteiger partial charge in [-0.15, -0.1) is 0 Å². The normalized spacial score (nSPS) is 33.2. The van der Waals surface area contributed by atoms with E-state index in [1.807, 2.05) is 49.4 Å². The third-order valence-corrected chi connectivity index (χ3v) is 8.28. The van der Waals surface area contributed by atoms with Gasteiger partial charge in [0.25, 0.3) is 0 Å². The Bertz CT molecular complexity index is 1190. The van der Waals surface area contributed by atoms with Gasteiger partial charge in [0.15, 0.2) is 0 Å². The SMILES string of the molecule is CCCCN1C/C=C\CCC(=O)OC[C@@H](c2ccccc2)NC(=O)[C@@H]2[C@@H]3C=C[C@]4(O3)[C@H](C1=O)N(CCO)C(=O)[C@@H]24. The second-order valence-electron chi connectivity index (χ2n) is 10.8. The molecule has 5 rings (SSSR count). The molecule has 0 radical (unpaired) electrons. The molecule has 1 aromatic rings. The van der Waals surface area contributed by atoms with Gasteiger partial charge in [0.05, 0.1) is 30.6 Å². The molecule has 0 aromatic heterocycles. The number of benzene rings is 1. The van der Waals surface area contributed by atoms with Crippen LogP contribution in [0.15, 0.2) is 54.6 Å². The van der Waals surface area contributed by atoms with Crippen molar-refractivity contribution in [1.82, 2.24) is 15.1 Å². The van der Waals surface area contributed by atoms with Gasteiger partial charge < -0.3 is 29.7 Å². The van der Waals surface area contributed by atoms with Crippen LogP contribution in [0.2, 0.25) is 0 Å². The van der Waals surface area contributed by atoms with Crippen LogP contribution in [0.4, 0.5) is 0 Å². The lowest BCUT2D eigenvalue weighted by Crippen LogP contribution is -2.56. The van der Waals surface area contributed by atoms with E-state index in [9.17, 15) is 24.3 Å². The van der Waals surface area contributed by atoms with E-state index in [4.69, 9.17) is 9.47 Å². The van der Waals surface area contributed by atoms with E-state index in [1.165, 1.54) is 4.90 Å². The number of hydrogen-bond acceptors (Lipinski definition) is 7. The largest absolute Gasteiger partial charge is 0.463 e. The first kappa shape index (κ1) is 28.0. The Hall–Kier alpha value is -3.50. The summed E-state index contributed by atoms with van der Waals surface area (Å²) < 4.78 is 11.9. The summed E-state index contributed by atoms with van der Waals surface area (Å²) in [5.41, 5.74) is -0.539. The van der Waals surface area contributed by atoms with E-state index in [2.05, 4.69) is 5.32 Å². The van der Waals surface area contributed by atoms with Gasteiger partial charge in [-0.2, -0.15) is 0 Å². The lowest BCUT2D eigenvalue weighted by atomic mass is 9.74. The topological polar surface area (TPSA) is 125 Å². The van der Waals surface area contributed by atoms with Crippen molar-refractivity contribution in [1.29, 1.82) is 0 Å². The predicted octanol–water partition coefficient (Wildman–Crippen LogP) is 1.51. The summed E-state index contributed by atoms with van der Waals surface area (Å²) in [7, 11) is 0. The van der Waals surface area contributed by atoms with Crippen molar-refractivity contribution in [2.45, 2.75) is 56.4 Å². The summed E-state index contributed by atoms with van der Waals surface area (Å²) in [6.07, 6.45) is 8.81. The highest BCUT2D eigenvalue weighted by molar-refractivity contribution is 6.00. The Morgan fingerprint density at radius 2 is 1.88 bits per heavy atom. The first-order chi connectivity index (χ1) is 19.4. The second kappa shape index (κ2) is 11.9. The second-order valence-corrected chi connectivity index (χ2v) is 10.8. The first-order valence-corrected chi connectivity index (χ1v) is 14.1. The summed E-state index contributed by atoms with van der Waals surface area (Å²) in [5, 5.41) is 12.8. The monoisotopic (exact) mass is 551 g/mol. The lowest BCUT2D eigenvalue weighted by molar-refractivity contribution is -0.148. The number of esters is 1. The number of unbranched alkanes of at least 4 members (excludes halogenated alkanes) is 1. The molecule has 0 aliphatic carbocycles. The van der Waals surface area contributed by atoms with Gasteiger partial charge in [0.1, 0.15) is 18.2 Å². The zero-order valence-electron chi connectivity index (χ0n) is 22.7. The molecular formula is C30H37N3O7. The van der Waals surface area contributed by atoms with Crippen LogP contribution in [0.5, 0.6) is 0 Å². The van der Waals surface area contributed by atoms with Crippen LogP contribution in [0.3, 0.4) is 0 Å². The maximum atomic E-state index is 14.2. The third kappa shape index (κ3) is 5.06. The zero-order chi connectivity index (χ0) is 28.3. The number of aliphatic hydroxyl groups is 1. The summed E-state index contributed by atoms with van der Waals surface area (Å²) in [6.45, 7) is 2.41. The van der Waals surface area contributed by atoms with Crippen molar-refractivity contribution in [3.63, 3.8) is 0 Å². The van der Waals surface area contributed by atoms with E-state index in [0.717, 1.165) is 18.4 Å². The number of nitrogens with zero attached hydrogens (tertiary/aromatic N) is 2. The van der Waals surface area contributed by atoms with Gasteiger partial charge in [-0.3, -0.25) is 19.2 Å². The fourth-order valence-corrected chi connectivity index (χ4v) is 6.35. The number of amides is 3. The van der Waals surface area contributed by atoms with Gasteiger partial charge in [-0.05, 0) is 18.4 Å². The molecular weight excluding hydrogens is 514 g/mol. The molecule has 2 N–H and O–H groups in total. The molecule has 3 amide bonds. The Labute approximate surface area is 234 Å². The summed E-state index contributed by atoms with van der Waals surface area (Å²) in [6, 6.07) is 7.58. The zero-order valence-corrected chi connectivity index (χ0v) is 22.7. The number of rotatable bonds is 6. The van der Waals surface area contributed by atoms with Crippen LogP contribution in [-0.2, 0) is 28.7 Å². The number of fused-ring (bicyclic) bond motifs is 2. The number of aliphatic hydroxyl groups excluding tert-OH is 1. The van der Waals surface area contributed by atoms with Crippen LogP contribution in [-0.4, -0.2) is 89.2 Å². The minimum Gasteiger partial charge on any atom is -0.463 e. The van der Waals surface area contributed by atoms with E-state index in [0.29, 0.717) is 19.5 Å². The van der Waals surface area contributed by atoms with Crippen LogP contribution in [0.25, 0.3) is 0 Å². The van der Waals surface area contributed by atoms with Crippen molar-refractivity contribution in [3.8, 4) is 0 Å². The number of nitrogens with one attached hydrogen (secondary N) is 1. The maximum Gasteiger partial charge on any atom is 0.306 e. The highest BCUT2D eigenvalue weighted by atomic mass is 16.5. The molecule has 10 nitrogen and oxygen atoms in total. The van der Waals surface area contributed by atoms with Crippen molar-refractivity contribution in [2.75, 3.05) is 32.8 Å². The van der Waals surface area contributed by atoms with Gasteiger partial charge in [-0.1, -0.05) is 68.0 Å². The fraction of sp³-hybridized carbons (Fsp3) is 0.533. The molecule has 4 aliphatic heterocycles. The fourth-order valence-electron chi connectivity index (χ4n) is 6.35. The summed E-state index contributed by atoms with van der Waals surface area (Å²) >= 11 is 0. The number of ether oxygens (including phenoxy) is 2. The quantitative estimate of drug-likeness (QED) is 0.406. The molecule has 2 saturated heterocycles. The molecule has 1 spiro atoms. The minimum absolute atomic E-state index is 0.0380. The van der Waals surface area contributed by atoms with Crippen molar-refractivity contribution >= 4 is 23.7 Å². The van der Waals surface area contributed by atoms with E-state index < -0.39 is 41.5 Å². The third-order valence-electron chi connectivity index (χ3n) is 8.28. The number of likely N-dealkylation sites (tertiary alicyclic amines) is 1. The average Bonchev–Trinajstić information content (AvgIpc) is 3.60. The summed E-state index contributed by atoms with van der Waals surface area (Å²) in [5.74, 6) is -3.25. The van der Waals surface area contributed by atoms with Crippen LogP contribution in [0.1, 0.15) is 44.2 Å². The number of carbonyl (C=O) groups excluding carboxylic acids is 4. The Balaban J connectivity index is 1.53. The van der Waals surface area contributed by atoms with Gasteiger partial charge in [-0.25, -0.2) is 0 Å². The Morgan fingerprint density at radius 3 is 2.62 bits per heavy atom. The molecule has 6 atom stereocenters. The standard InChI is InChI=1S/C30H37N3O7/c1-2-3-15-32-16-9-5-8-12-23(35)39-19-21(20-10-6-4-7-11-20)31-27(36)24-22-13-14-30(40-22)25(24)28(37)33(17-18-34)26(30)29(32)38/h4-7,9-11,13-14,21-22,24-26,34H,2-3,8,12,15-19H2,1H3,(H,31,36)/b9-5-/t21-,22-,24+,25+,26-,30+/m0/s1. The minimum atomic E-state index is -1.30. The van der Waals surface area contributed by atoms with E-state index in [-0.39, 0.29) is 44.0 Å². The van der Waals surface area contributed by atoms with Crippen LogP contribution >= 0.6 is 0 Å². The number of hydrogen-bond donors (Lipinski definition) is 2. The van der Waals surface area contributed by atoms with Crippen molar-refractivity contribution in [3.05, 3.63) is 60.2 Å². The highest BCUT2D eigenvalue weighted by Gasteiger charge is 2.73. The Morgan fingerprint density at radius 1 is 1.07 bits per heavy atom. The van der Waals surface area contributed by atoms with E-state index >= 15 is 0 Å². The molecule has 40 heavy (non-hydrogen) atoms. The predicted molar refractivity (Wildman–Crippen MR) is 144 cm³/mol. The maximum absolute atomic E-state index is 14.2. The molecule has 2 fully saturated rings. The van der Waals surface area contributed by atoms with Gasteiger partial charge >= 0.3 is 5.97 Å². The van der Waals surface area contributed by atoms with Crippen molar-refractivity contribution in [2.24, 2.45) is 11.8 Å². The number of allylic oxidation sites excluding steroid dienone is 1. The van der Waals surface area contributed by atoms with E-state index in [1.54, 1.807) is 17.1 Å².